The fraction of sp³-hybridized carbons (Fsp3) is 0.278. The maximum atomic E-state index is 13.4. The molecule has 1 fully saturated rings. The third-order valence-corrected chi connectivity index (χ3v) is 4.41. The first-order chi connectivity index (χ1) is 13.6. The number of ether oxygens (including phenoxy) is 1. The van der Waals surface area contributed by atoms with Gasteiger partial charge in [-0.15, -0.1) is 0 Å². The molecule has 3 heterocycles. The van der Waals surface area contributed by atoms with Crippen LogP contribution in [0.4, 0.5) is 21.0 Å². The van der Waals surface area contributed by atoms with Crippen molar-refractivity contribution in [2.75, 3.05) is 43.5 Å². The number of hydrogen-bond donors (Lipinski definition) is 1. The van der Waals surface area contributed by atoms with Gasteiger partial charge in [-0.1, -0.05) is 0 Å². The minimum Gasteiger partial charge on any atom is -0.478 e. The van der Waals surface area contributed by atoms with Gasteiger partial charge >= 0.3 is 6.03 Å². The molecule has 1 aliphatic rings. The van der Waals surface area contributed by atoms with Crippen molar-refractivity contribution in [1.82, 2.24) is 24.8 Å². The Hall–Kier alpha value is -3.56. The minimum absolute atomic E-state index is 0.128. The molecular formula is C18H18FN7O2. The number of carbonyl (C=O) groups is 1. The zero-order valence-corrected chi connectivity index (χ0v) is 15.2. The van der Waals surface area contributed by atoms with E-state index in [0.717, 1.165) is 0 Å². The summed E-state index contributed by atoms with van der Waals surface area (Å²) in [7, 11) is 1.42. The van der Waals surface area contributed by atoms with Crippen molar-refractivity contribution in [2.24, 2.45) is 0 Å². The fourth-order valence-corrected chi connectivity index (χ4v) is 2.98. The van der Waals surface area contributed by atoms with Crippen LogP contribution in [-0.2, 0) is 0 Å². The number of hydrogen-bond acceptors (Lipinski definition) is 7. The second kappa shape index (κ2) is 7.59. The van der Waals surface area contributed by atoms with Crippen LogP contribution in [0.25, 0.3) is 11.0 Å². The van der Waals surface area contributed by atoms with Gasteiger partial charge in [-0.05, 0) is 18.2 Å². The van der Waals surface area contributed by atoms with Crippen molar-refractivity contribution in [2.45, 2.75) is 0 Å². The molecule has 0 atom stereocenters. The molecule has 1 aliphatic heterocycles. The highest BCUT2D eigenvalue weighted by atomic mass is 19.1. The van der Waals surface area contributed by atoms with Gasteiger partial charge in [0.1, 0.15) is 5.82 Å². The molecule has 0 spiro atoms. The van der Waals surface area contributed by atoms with Crippen LogP contribution >= 0.6 is 0 Å². The lowest BCUT2D eigenvalue weighted by atomic mass is 10.3. The number of aromatic nitrogens is 4. The van der Waals surface area contributed by atoms with Crippen molar-refractivity contribution < 1.29 is 13.9 Å². The molecule has 4 rings (SSSR count). The largest absolute Gasteiger partial charge is 0.478 e. The van der Waals surface area contributed by atoms with Gasteiger partial charge in [0.25, 0.3) is 5.88 Å². The van der Waals surface area contributed by atoms with E-state index < -0.39 is 5.82 Å². The van der Waals surface area contributed by atoms with Gasteiger partial charge in [-0.2, -0.15) is 0 Å². The summed E-state index contributed by atoms with van der Waals surface area (Å²) in [6.07, 6.45) is 3.38. The van der Waals surface area contributed by atoms with E-state index in [2.05, 4.69) is 25.3 Å². The molecule has 28 heavy (non-hydrogen) atoms. The van der Waals surface area contributed by atoms with Crippen molar-refractivity contribution in [3.8, 4) is 5.88 Å². The molecule has 1 N–H and O–H groups in total. The number of benzene rings is 1. The highest BCUT2D eigenvalue weighted by Gasteiger charge is 2.24. The van der Waals surface area contributed by atoms with Crippen molar-refractivity contribution in [3.05, 3.63) is 42.5 Å². The summed E-state index contributed by atoms with van der Waals surface area (Å²) in [5.41, 5.74) is 0.815. The van der Waals surface area contributed by atoms with E-state index in [4.69, 9.17) is 4.74 Å². The zero-order chi connectivity index (χ0) is 19.5. The number of amides is 2. The highest BCUT2D eigenvalue weighted by Crippen LogP contribution is 2.24. The average Bonchev–Trinajstić information content (AvgIpc) is 2.74. The van der Waals surface area contributed by atoms with Gasteiger partial charge < -0.3 is 14.5 Å². The number of urea groups is 1. The lowest BCUT2D eigenvalue weighted by Crippen LogP contribution is -2.50. The molecule has 0 saturated carbocycles. The molecule has 144 valence electrons. The Morgan fingerprint density at radius 2 is 1.86 bits per heavy atom. The van der Waals surface area contributed by atoms with Crippen LogP contribution in [0.1, 0.15) is 0 Å². The number of anilines is 2. The van der Waals surface area contributed by atoms with Gasteiger partial charge in [0.2, 0.25) is 5.95 Å². The van der Waals surface area contributed by atoms with Crippen LogP contribution in [0.15, 0.2) is 36.7 Å². The van der Waals surface area contributed by atoms with Gasteiger partial charge in [-0.25, -0.2) is 29.1 Å². The van der Waals surface area contributed by atoms with Gasteiger partial charge in [0.05, 0.1) is 18.1 Å². The smallest absolute Gasteiger partial charge is 0.323 e. The molecule has 2 aromatic heterocycles. The van der Waals surface area contributed by atoms with E-state index in [-0.39, 0.29) is 17.7 Å². The van der Waals surface area contributed by atoms with Crippen molar-refractivity contribution in [1.29, 1.82) is 0 Å². The number of halogens is 1. The molecule has 0 unspecified atom stereocenters. The molecule has 1 aromatic carbocycles. The van der Waals surface area contributed by atoms with Gasteiger partial charge in [0.15, 0.2) is 5.82 Å². The monoisotopic (exact) mass is 383 g/mol. The summed E-state index contributed by atoms with van der Waals surface area (Å²) in [6, 6.07) is 5.52. The molecule has 10 heteroatoms. The first-order valence-electron chi connectivity index (χ1n) is 8.73. The number of rotatable bonds is 3. The predicted molar refractivity (Wildman–Crippen MR) is 101 cm³/mol. The number of fused-ring (bicyclic) bond motifs is 1. The zero-order valence-electron chi connectivity index (χ0n) is 15.2. The van der Waals surface area contributed by atoms with Crippen LogP contribution in [0, 0.1) is 5.82 Å². The van der Waals surface area contributed by atoms with Gasteiger partial charge in [-0.3, -0.25) is 5.32 Å². The summed E-state index contributed by atoms with van der Waals surface area (Å²) in [5.74, 6) is 0.556. The summed E-state index contributed by atoms with van der Waals surface area (Å²) in [6.45, 7) is 2.27. The van der Waals surface area contributed by atoms with Crippen LogP contribution in [-0.4, -0.2) is 64.2 Å². The Labute approximate surface area is 160 Å². The second-order valence-corrected chi connectivity index (χ2v) is 6.17. The summed E-state index contributed by atoms with van der Waals surface area (Å²) in [5, 5.41) is 2.74. The Kier molecular flexibility index (Phi) is 4.83. The Bertz CT molecular complexity index is 994. The second-order valence-electron chi connectivity index (χ2n) is 6.17. The molecule has 0 aliphatic carbocycles. The standard InChI is InChI=1S/C18H18FN7O2/c1-28-16-15(22-13-4-3-12(19)11-14(13)23-16)24-18(27)26-9-7-25(8-10-26)17-20-5-2-6-21-17/h2-6,11H,7-10H2,1H3,(H,22,24,27). The van der Waals surface area contributed by atoms with E-state index in [1.54, 1.807) is 23.4 Å². The quantitative estimate of drug-likeness (QED) is 0.738. The molecular weight excluding hydrogens is 365 g/mol. The lowest BCUT2D eigenvalue weighted by molar-refractivity contribution is 0.207. The lowest BCUT2D eigenvalue weighted by Gasteiger charge is -2.34. The molecule has 9 nitrogen and oxygen atoms in total. The SMILES string of the molecule is COc1nc2cc(F)ccc2nc1NC(=O)N1CCN(c2ncccn2)CC1. The maximum absolute atomic E-state index is 13.4. The average molecular weight is 383 g/mol. The minimum atomic E-state index is -0.416. The molecule has 3 aromatic rings. The molecule has 1 saturated heterocycles. The van der Waals surface area contributed by atoms with Crippen molar-refractivity contribution >= 4 is 28.8 Å². The van der Waals surface area contributed by atoms with E-state index in [9.17, 15) is 9.18 Å². The topological polar surface area (TPSA) is 96.4 Å². The highest BCUT2D eigenvalue weighted by molar-refractivity contribution is 5.91. The van der Waals surface area contributed by atoms with Crippen LogP contribution in [0.5, 0.6) is 5.88 Å². The van der Waals surface area contributed by atoms with E-state index in [0.29, 0.717) is 43.2 Å². The van der Waals surface area contributed by atoms with E-state index in [1.807, 2.05) is 4.90 Å². The summed E-state index contributed by atoms with van der Waals surface area (Å²) in [4.78, 5) is 33.4. The van der Waals surface area contributed by atoms with Crippen LogP contribution in [0.2, 0.25) is 0 Å². The first kappa shape index (κ1) is 17.8. The number of carbonyl (C=O) groups excluding carboxylic acids is 1. The van der Waals surface area contributed by atoms with Gasteiger partial charge in [0, 0.05) is 44.6 Å². The molecule has 2 amide bonds. The fourth-order valence-electron chi connectivity index (χ4n) is 2.98. The molecule has 0 radical (unpaired) electrons. The Morgan fingerprint density at radius 1 is 1.11 bits per heavy atom. The number of nitrogens with one attached hydrogen (secondary N) is 1. The Morgan fingerprint density at radius 3 is 2.57 bits per heavy atom. The Balaban J connectivity index is 1.46. The van der Waals surface area contributed by atoms with E-state index in [1.165, 1.54) is 25.3 Å². The van der Waals surface area contributed by atoms with E-state index >= 15 is 0 Å². The van der Waals surface area contributed by atoms with Crippen LogP contribution < -0.4 is 15.0 Å². The number of nitrogens with zero attached hydrogens (tertiary/aromatic N) is 6. The number of methoxy groups -OCH3 is 1. The summed E-state index contributed by atoms with van der Waals surface area (Å²) < 4.78 is 18.6. The van der Waals surface area contributed by atoms with Crippen LogP contribution in [0.3, 0.4) is 0 Å². The number of piperazine rings is 1. The maximum Gasteiger partial charge on any atom is 0.323 e. The predicted octanol–water partition coefficient (Wildman–Crippen LogP) is 1.92. The first-order valence-corrected chi connectivity index (χ1v) is 8.73. The molecule has 0 bridgehead atoms. The normalized spacial score (nSPS) is 14.2. The third-order valence-electron chi connectivity index (χ3n) is 4.41. The van der Waals surface area contributed by atoms with Crippen molar-refractivity contribution in [3.63, 3.8) is 0 Å². The third kappa shape index (κ3) is 3.61. The summed E-state index contributed by atoms with van der Waals surface area (Å²) >= 11 is 0.